The number of benzene rings is 1. The zero-order valence-corrected chi connectivity index (χ0v) is 16.5. The molecule has 1 aromatic heterocycles. The van der Waals surface area contributed by atoms with Crippen LogP contribution in [-0.4, -0.2) is 45.1 Å². The molecule has 0 spiro atoms. The third-order valence-electron chi connectivity index (χ3n) is 4.13. The Morgan fingerprint density at radius 2 is 2.00 bits per heavy atom. The van der Waals surface area contributed by atoms with E-state index in [0.29, 0.717) is 11.5 Å². The van der Waals surface area contributed by atoms with Crippen molar-refractivity contribution >= 4 is 42.6 Å². The van der Waals surface area contributed by atoms with Gasteiger partial charge in [0.05, 0.1) is 18.1 Å². The van der Waals surface area contributed by atoms with Crippen molar-refractivity contribution in [3.05, 3.63) is 59.8 Å². The van der Waals surface area contributed by atoms with Gasteiger partial charge in [-0.05, 0) is 30.2 Å². The maximum Gasteiger partial charge on any atom is 0.267 e. The number of rotatable bonds is 6. The molecule has 1 fully saturated rings. The quantitative estimate of drug-likeness (QED) is 0.371. The van der Waals surface area contributed by atoms with Crippen LogP contribution in [0, 0.1) is 5.82 Å². The molecule has 10 heteroatoms. The molecule has 152 valence electrons. The van der Waals surface area contributed by atoms with E-state index in [9.17, 15) is 9.18 Å². The second-order valence-electron chi connectivity index (χ2n) is 6.13. The maximum absolute atomic E-state index is 13.0. The number of aromatic nitrogens is 2. The molecule has 0 bridgehead atoms. The number of hydrogen-bond donors (Lipinski definition) is 3. The van der Waals surface area contributed by atoms with Crippen LogP contribution in [0.5, 0.6) is 0 Å². The van der Waals surface area contributed by atoms with E-state index in [2.05, 4.69) is 20.2 Å². The molecule has 1 saturated heterocycles. The van der Waals surface area contributed by atoms with Gasteiger partial charge in [0, 0.05) is 31.8 Å². The Morgan fingerprint density at radius 1 is 1.25 bits per heavy atom. The molecule has 1 atom stereocenters. The Bertz CT molecular complexity index is 775. The Labute approximate surface area is 174 Å². The molecule has 0 saturated carbocycles. The van der Waals surface area contributed by atoms with Crippen molar-refractivity contribution < 1.29 is 14.4 Å². The van der Waals surface area contributed by atoms with E-state index >= 15 is 0 Å². The molecule has 0 unspecified atom stereocenters. The zero-order chi connectivity index (χ0) is 18.4. The SMILES string of the molecule is Cl.Cl.O=C(/C=C/c1cnc(N[C@@H]2CCN(Cc3ccc(F)cc3)C2)cn1)NO. The van der Waals surface area contributed by atoms with Crippen LogP contribution in [0.1, 0.15) is 17.7 Å². The number of carbonyl (C=O) groups is 1. The van der Waals surface area contributed by atoms with Gasteiger partial charge >= 0.3 is 0 Å². The molecule has 1 aliphatic rings. The minimum absolute atomic E-state index is 0. The number of halogens is 3. The van der Waals surface area contributed by atoms with Crippen molar-refractivity contribution in [3.8, 4) is 0 Å². The van der Waals surface area contributed by atoms with Crippen LogP contribution in [0.25, 0.3) is 6.08 Å². The van der Waals surface area contributed by atoms with Gasteiger partial charge in [0.1, 0.15) is 11.6 Å². The first kappa shape index (κ1) is 23.8. The van der Waals surface area contributed by atoms with E-state index in [1.165, 1.54) is 29.8 Å². The van der Waals surface area contributed by atoms with E-state index in [0.717, 1.165) is 31.6 Å². The van der Waals surface area contributed by atoms with Crippen molar-refractivity contribution in [3.63, 3.8) is 0 Å². The third-order valence-corrected chi connectivity index (χ3v) is 4.13. The molecule has 1 amide bonds. The van der Waals surface area contributed by atoms with Gasteiger partial charge in [0.25, 0.3) is 5.91 Å². The summed E-state index contributed by atoms with van der Waals surface area (Å²) in [4.78, 5) is 21.7. The number of hydrogen-bond acceptors (Lipinski definition) is 6. The number of nitrogens with one attached hydrogen (secondary N) is 2. The van der Waals surface area contributed by atoms with Gasteiger partial charge in [-0.25, -0.2) is 14.9 Å². The summed E-state index contributed by atoms with van der Waals surface area (Å²) in [6.07, 6.45) is 6.78. The van der Waals surface area contributed by atoms with Crippen LogP contribution in [0.3, 0.4) is 0 Å². The molecule has 1 aliphatic heterocycles. The van der Waals surface area contributed by atoms with Crippen LogP contribution < -0.4 is 10.8 Å². The second kappa shape index (κ2) is 11.6. The highest BCUT2D eigenvalue weighted by Crippen LogP contribution is 2.17. The van der Waals surface area contributed by atoms with Crippen molar-refractivity contribution in [1.29, 1.82) is 0 Å². The monoisotopic (exact) mass is 429 g/mol. The van der Waals surface area contributed by atoms with Crippen molar-refractivity contribution in [2.75, 3.05) is 18.4 Å². The average Bonchev–Trinajstić information content (AvgIpc) is 3.09. The Hall–Kier alpha value is -2.26. The standard InChI is InChI=1S/C18H20FN5O2.2ClH/c19-14-3-1-13(2-4-14)11-24-8-7-16(12-24)22-17-10-20-15(9-21-17)5-6-18(25)23-26;;/h1-6,9-10,16,26H,7-8,11-12H2,(H,21,22)(H,23,25);2*1H/b6-5+;;/t16-;;/m1../s1. The van der Waals surface area contributed by atoms with Crippen molar-refractivity contribution in [2.45, 2.75) is 19.0 Å². The lowest BCUT2D eigenvalue weighted by molar-refractivity contribution is -0.124. The molecule has 0 aliphatic carbocycles. The smallest absolute Gasteiger partial charge is 0.267 e. The summed E-state index contributed by atoms with van der Waals surface area (Å²) in [5.41, 5.74) is 3.12. The van der Waals surface area contributed by atoms with E-state index < -0.39 is 5.91 Å². The molecule has 28 heavy (non-hydrogen) atoms. The average molecular weight is 430 g/mol. The summed E-state index contributed by atoms with van der Waals surface area (Å²) < 4.78 is 13.0. The number of anilines is 1. The minimum atomic E-state index is -0.624. The summed E-state index contributed by atoms with van der Waals surface area (Å²) in [5, 5.41) is 11.8. The first-order valence-electron chi connectivity index (χ1n) is 8.30. The van der Waals surface area contributed by atoms with Gasteiger partial charge in [0.15, 0.2) is 0 Å². The van der Waals surface area contributed by atoms with Crippen LogP contribution >= 0.6 is 24.8 Å². The predicted molar refractivity (Wildman–Crippen MR) is 109 cm³/mol. The van der Waals surface area contributed by atoms with Gasteiger partial charge in [-0.1, -0.05) is 12.1 Å². The summed E-state index contributed by atoms with van der Waals surface area (Å²) in [6.45, 7) is 2.62. The number of nitrogens with zero attached hydrogens (tertiary/aromatic N) is 3. The molecule has 0 radical (unpaired) electrons. The van der Waals surface area contributed by atoms with Gasteiger partial charge in [-0.3, -0.25) is 19.9 Å². The number of amides is 1. The molecule has 2 aromatic rings. The lowest BCUT2D eigenvalue weighted by atomic mass is 10.2. The van der Waals surface area contributed by atoms with Gasteiger partial charge in [-0.15, -0.1) is 24.8 Å². The highest BCUT2D eigenvalue weighted by Gasteiger charge is 2.22. The normalized spacial score (nSPS) is 16.3. The first-order chi connectivity index (χ1) is 12.6. The van der Waals surface area contributed by atoms with Crippen molar-refractivity contribution in [1.82, 2.24) is 20.3 Å². The first-order valence-corrected chi connectivity index (χ1v) is 8.30. The van der Waals surface area contributed by atoms with E-state index in [1.54, 1.807) is 12.4 Å². The lowest BCUT2D eigenvalue weighted by Crippen LogP contribution is -2.26. The Balaban J connectivity index is 0.00000196. The lowest BCUT2D eigenvalue weighted by Gasteiger charge is -2.17. The van der Waals surface area contributed by atoms with Gasteiger partial charge in [0.2, 0.25) is 0 Å². The van der Waals surface area contributed by atoms with Gasteiger partial charge < -0.3 is 5.32 Å². The molecule has 1 aromatic carbocycles. The number of hydroxylamine groups is 1. The largest absolute Gasteiger partial charge is 0.365 e. The summed E-state index contributed by atoms with van der Waals surface area (Å²) in [7, 11) is 0. The minimum Gasteiger partial charge on any atom is -0.365 e. The molecule has 2 heterocycles. The molecular weight excluding hydrogens is 408 g/mol. The fraction of sp³-hybridized carbons (Fsp3) is 0.278. The van der Waals surface area contributed by atoms with Crippen molar-refractivity contribution in [2.24, 2.45) is 0 Å². The highest BCUT2D eigenvalue weighted by atomic mass is 35.5. The van der Waals surface area contributed by atoms with Crippen LogP contribution in [0.2, 0.25) is 0 Å². The van der Waals surface area contributed by atoms with E-state index in [4.69, 9.17) is 5.21 Å². The molecule has 7 nitrogen and oxygen atoms in total. The van der Waals surface area contributed by atoms with Crippen LogP contribution in [0.4, 0.5) is 10.2 Å². The summed E-state index contributed by atoms with van der Waals surface area (Å²) in [5.74, 6) is -0.174. The van der Waals surface area contributed by atoms with Crippen LogP contribution in [0.15, 0.2) is 42.7 Å². The topological polar surface area (TPSA) is 90.4 Å². The Morgan fingerprint density at radius 3 is 2.64 bits per heavy atom. The second-order valence-corrected chi connectivity index (χ2v) is 6.13. The van der Waals surface area contributed by atoms with Crippen LogP contribution in [-0.2, 0) is 11.3 Å². The number of carbonyl (C=O) groups excluding carboxylic acids is 1. The predicted octanol–water partition coefficient (Wildman–Crippen LogP) is 2.66. The Kier molecular flexibility index (Phi) is 9.81. The van der Waals surface area contributed by atoms with E-state index in [1.807, 2.05) is 12.1 Å². The third kappa shape index (κ3) is 7.05. The fourth-order valence-electron chi connectivity index (χ4n) is 2.85. The molecule has 3 N–H and O–H groups in total. The summed E-state index contributed by atoms with van der Waals surface area (Å²) >= 11 is 0. The summed E-state index contributed by atoms with van der Waals surface area (Å²) in [6, 6.07) is 6.86. The molecular formula is C18H22Cl2FN5O2. The fourth-order valence-corrected chi connectivity index (χ4v) is 2.85. The zero-order valence-electron chi connectivity index (χ0n) is 14.9. The number of likely N-dealkylation sites (tertiary alicyclic amines) is 1. The highest BCUT2D eigenvalue weighted by molar-refractivity contribution is 5.90. The maximum atomic E-state index is 13.0. The van der Waals surface area contributed by atoms with Gasteiger partial charge in [-0.2, -0.15) is 0 Å². The van der Waals surface area contributed by atoms with E-state index in [-0.39, 0.29) is 36.7 Å². The molecule has 3 rings (SSSR count).